The number of fused-ring (bicyclic) bond motifs is 1. The molecule has 0 saturated heterocycles. The van der Waals surface area contributed by atoms with Crippen molar-refractivity contribution in [2.24, 2.45) is 0 Å². The Morgan fingerprint density at radius 2 is 2.33 bits per heavy atom. The zero-order chi connectivity index (χ0) is 13.3. The van der Waals surface area contributed by atoms with Crippen molar-refractivity contribution in [1.29, 1.82) is 0 Å². The molecular formula is C11H13NO3. The van der Waals surface area contributed by atoms with E-state index in [9.17, 15) is 4.79 Å². The number of benzene rings is 1. The Morgan fingerprint density at radius 3 is 3.13 bits per heavy atom. The number of carbonyl (C=O) groups excluding carboxylic acids is 1. The summed E-state index contributed by atoms with van der Waals surface area (Å²) in [6.07, 6.45) is 0. The molecular weight excluding hydrogens is 194 g/mol. The summed E-state index contributed by atoms with van der Waals surface area (Å²) in [5.41, 5.74) is 0.392. The maximum atomic E-state index is 12.0. The van der Waals surface area contributed by atoms with Crippen LogP contribution in [0.4, 0.5) is 0 Å². The highest BCUT2D eigenvalue weighted by molar-refractivity contribution is 6.00. The molecule has 0 aromatic heterocycles. The molecule has 0 aliphatic carbocycles. The van der Waals surface area contributed by atoms with Gasteiger partial charge in [0.1, 0.15) is 0 Å². The maximum Gasteiger partial charge on any atom is 0.231 e. The second-order valence-corrected chi connectivity index (χ2v) is 3.30. The fourth-order valence-electron chi connectivity index (χ4n) is 1.37. The lowest BCUT2D eigenvalue weighted by molar-refractivity contribution is 0.0954. The molecule has 15 heavy (non-hydrogen) atoms. The molecule has 0 bridgehead atoms. The molecule has 2 rings (SSSR count). The average Bonchev–Trinajstić information content (AvgIpc) is 2.72. The van der Waals surface area contributed by atoms with Crippen LogP contribution < -0.4 is 14.8 Å². The third-order valence-electron chi connectivity index (χ3n) is 2.27. The summed E-state index contributed by atoms with van der Waals surface area (Å²) < 4.78 is 31.5. The third-order valence-corrected chi connectivity index (χ3v) is 2.27. The first-order valence-corrected chi connectivity index (χ1v) is 4.58. The number of nitrogens with one attached hydrogen (secondary N) is 1. The van der Waals surface area contributed by atoms with Crippen molar-refractivity contribution < 1.29 is 18.4 Å². The number of likely N-dealkylation sites (N-methyl/N-ethyl adjacent to an activating group) is 1. The zero-order valence-electron chi connectivity index (χ0n) is 11.2. The van der Waals surface area contributed by atoms with E-state index in [1.54, 1.807) is 18.2 Å². The Hall–Kier alpha value is -1.55. The van der Waals surface area contributed by atoms with Crippen molar-refractivity contribution in [1.82, 2.24) is 5.32 Å². The predicted molar refractivity (Wildman–Crippen MR) is 55.4 cm³/mol. The van der Waals surface area contributed by atoms with E-state index in [-0.39, 0.29) is 12.6 Å². The van der Waals surface area contributed by atoms with Crippen molar-refractivity contribution in [2.45, 2.75) is 13.0 Å². The topological polar surface area (TPSA) is 47.6 Å². The largest absolute Gasteiger partial charge is 0.454 e. The molecule has 1 atom stereocenters. The van der Waals surface area contributed by atoms with Crippen LogP contribution in [0.25, 0.3) is 0 Å². The van der Waals surface area contributed by atoms with Crippen LogP contribution in [0.2, 0.25) is 0 Å². The Bertz CT molecular complexity index is 473. The van der Waals surface area contributed by atoms with Crippen LogP contribution in [-0.4, -0.2) is 25.6 Å². The molecule has 4 heteroatoms. The van der Waals surface area contributed by atoms with Gasteiger partial charge in [-0.3, -0.25) is 4.79 Å². The Balaban J connectivity index is 2.14. The van der Waals surface area contributed by atoms with Crippen molar-refractivity contribution in [3.05, 3.63) is 23.8 Å². The maximum absolute atomic E-state index is 12.0. The summed E-state index contributed by atoms with van der Waals surface area (Å²) in [6, 6.07) is 3.99. The van der Waals surface area contributed by atoms with E-state index in [0.717, 1.165) is 0 Å². The number of carbonyl (C=O) groups is 1. The second kappa shape index (κ2) is 3.90. The third kappa shape index (κ3) is 1.80. The lowest BCUT2D eigenvalue weighted by Crippen LogP contribution is -2.30. The van der Waals surface area contributed by atoms with E-state index in [4.69, 9.17) is 13.6 Å². The molecule has 1 heterocycles. The SMILES string of the molecule is [2H]C([2H])([2H])NC(C)C(=O)c1ccc2c(c1)OCO2. The minimum Gasteiger partial charge on any atom is -0.454 e. The second-order valence-electron chi connectivity index (χ2n) is 3.30. The average molecular weight is 210 g/mol. The van der Waals surface area contributed by atoms with Crippen LogP contribution >= 0.6 is 0 Å². The van der Waals surface area contributed by atoms with Gasteiger partial charge in [-0.2, -0.15) is 0 Å². The normalized spacial score (nSPS) is 18.9. The summed E-state index contributed by atoms with van der Waals surface area (Å²) >= 11 is 0. The van der Waals surface area contributed by atoms with Gasteiger partial charge >= 0.3 is 0 Å². The lowest BCUT2D eigenvalue weighted by Gasteiger charge is -2.09. The number of ketones is 1. The number of hydrogen-bond acceptors (Lipinski definition) is 4. The monoisotopic (exact) mass is 210 g/mol. The van der Waals surface area contributed by atoms with Gasteiger partial charge in [-0.05, 0) is 32.1 Å². The van der Waals surface area contributed by atoms with Gasteiger partial charge in [0.05, 0.1) is 6.04 Å². The first-order valence-electron chi connectivity index (χ1n) is 6.08. The van der Waals surface area contributed by atoms with Crippen LogP contribution in [0.1, 0.15) is 21.4 Å². The molecule has 0 amide bonds. The smallest absolute Gasteiger partial charge is 0.231 e. The lowest BCUT2D eigenvalue weighted by atomic mass is 10.1. The zero-order valence-corrected chi connectivity index (χ0v) is 8.24. The van der Waals surface area contributed by atoms with Gasteiger partial charge in [0.15, 0.2) is 17.3 Å². The van der Waals surface area contributed by atoms with E-state index >= 15 is 0 Å². The number of rotatable bonds is 3. The van der Waals surface area contributed by atoms with E-state index < -0.39 is 13.0 Å². The number of ether oxygens (including phenoxy) is 2. The summed E-state index contributed by atoms with van der Waals surface area (Å²) in [7, 11) is 0. The highest BCUT2D eigenvalue weighted by Gasteiger charge is 2.18. The fourth-order valence-corrected chi connectivity index (χ4v) is 1.37. The molecule has 0 saturated carbocycles. The first kappa shape index (κ1) is 6.85. The van der Waals surface area contributed by atoms with Gasteiger partial charge in [-0.25, -0.2) is 0 Å². The van der Waals surface area contributed by atoms with Crippen molar-refractivity contribution in [2.75, 3.05) is 13.8 Å². The van der Waals surface area contributed by atoms with Gasteiger partial charge in [-0.1, -0.05) is 0 Å². The summed E-state index contributed by atoms with van der Waals surface area (Å²) in [6.45, 7) is -0.694. The Kier molecular flexibility index (Phi) is 1.78. The quantitative estimate of drug-likeness (QED) is 0.762. The van der Waals surface area contributed by atoms with Gasteiger partial charge in [0.25, 0.3) is 0 Å². The molecule has 1 aromatic rings. The Labute approximate surface area is 92.4 Å². The van der Waals surface area contributed by atoms with Crippen LogP contribution in [-0.2, 0) is 0 Å². The molecule has 1 aliphatic heterocycles. The first-order chi connectivity index (χ1) is 8.37. The van der Waals surface area contributed by atoms with Crippen LogP contribution in [0, 0.1) is 0 Å². The highest BCUT2D eigenvalue weighted by Crippen LogP contribution is 2.32. The van der Waals surface area contributed by atoms with E-state index in [1.807, 2.05) is 0 Å². The number of Topliss-reactive ketones (excluding diaryl/α,β-unsaturated/α-hetero) is 1. The highest BCUT2D eigenvalue weighted by atomic mass is 16.7. The number of hydrogen-bond donors (Lipinski definition) is 1. The standard InChI is InChI=1S/C11H13NO3/c1-7(12-2)11(13)8-3-4-9-10(5-8)15-6-14-9/h3-5,7,12H,6H2,1-2H3/i2D3. The van der Waals surface area contributed by atoms with Crippen molar-refractivity contribution >= 4 is 5.78 Å². The van der Waals surface area contributed by atoms with Crippen LogP contribution in [0.15, 0.2) is 18.2 Å². The molecule has 0 fully saturated rings. The van der Waals surface area contributed by atoms with Gasteiger partial charge < -0.3 is 14.8 Å². The molecule has 80 valence electrons. The molecule has 1 aromatic carbocycles. The predicted octanol–water partition coefficient (Wildman–Crippen LogP) is 1.21. The molecule has 0 spiro atoms. The molecule has 4 nitrogen and oxygen atoms in total. The minimum atomic E-state index is -2.34. The molecule has 1 N–H and O–H groups in total. The van der Waals surface area contributed by atoms with Crippen LogP contribution in [0.3, 0.4) is 0 Å². The fraction of sp³-hybridized carbons (Fsp3) is 0.364. The van der Waals surface area contributed by atoms with Gasteiger partial charge in [0, 0.05) is 9.68 Å². The summed E-state index contributed by atoms with van der Waals surface area (Å²) in [5, 5.41) is 2.26. The summed E-state index contributed by atoms with van der Waals surface area (Å²) in [5.74, 6) is 0.786. The summed E-state index contributed by atoms with van der Waals surface area (Å²) in [4.78, 5) is 12.0. The van der Waals surface area contributed by atoms with Crippen molar-refractivity contribution in [3.8, 4) is 11.5 Å². The van der Waals surface area contributed by atoms with Crippen molar-refractivity contribution in [3.63, 3.8) is 0 Å². The molecule has 1 unspecified atom stereocenters. The van der Waals surface area contributed by atoms with Crippen LogP contribution in [0.5, 0.6) is 11.5 Å². The van der Waals surface area contributed by atoms with Gasteiger partial charge in [0.2, 0.25) is 6.79 Å². The molecule has 0 radical (unpaired) electrons. The van der Waals surface area contributed by atoms with E-state index in [1.165, 1.54) is 6.92 Å². The Morgan fingerprint density at radius 1 is 1.53 bits per heavy atom. The van der Waals surface area contributed by atoms with Gasteiger partial charge in [-0.15, -0.1) is 0 Å². The van der Waals surface area contributed by atoms with E-state index in [2.05, 4.69) is 5.32 Å². The van der Waals surface area contributed by atoms with E-state index in [0.29, 0.717) is 17.1 Å². The minimum absolute atomic E-state index is 0.135. The molecule has 1 aliphatic rings.